The summed E-state index contributed by atoms with van der Waals surface area (Å²) in [6, 6.07) is 14.1. The van der Waals surface area contributed by atoms with Crippen LogP contribution in [0.2, 0.25) is 0 Å². The van der Waals surface area contributed by atoms with Gasteiger partial charge in [0.2, 0.25) is 0 Å². The minimum absolute atomic E-state index is 0.00839. The van der Waals surface area contributed by atoms with Crippen LogP contribution >= 0.6 is 11.3 Å². The van der Waals surface area contributed by atoms with Crippen molar-refractivity contribution < 1.29 is 24.2 Å². The Balaban J connectivity index is 1.39. The molecule has 1 aromatic heterocycles. The predicted molar refractivity (Wildman–Crippen MR) is 106 cm³/mol. The summed E-state index contributed by atoms with van der Waals surface area (Å²) in [5.74, 6) is 0.132. The monoisotopic (exact) mass is 401 g/mol. The van der Waals surface area contributed by atoms with E-state index in [4.69, 9.17) is 9.47 Å². The number of fused-ring (bicyclic) bond motifs is 1. The number of phenolic OH excluding ortho intramolecular Hbond substituents is 1. The first-order valence-electron chi connectivity index (χ1n) is 8.46. The number of aromatic hydroxyl groups is 1. The molecule has 0 unspecified atom stereocenters. The molecular weight excluding hydrogens is 382 g/mol. The first kappa shape index (κ1) is 19.4. The molecule has 3 rings (SSSR count). The number of phenols is 1. The minimum Gasteiger partial charge on any atom is -0.508 e. The van der Waals surface area contributed by atoms with E-state index in [1.54, 1.807) is 19.2 Å². The van der Waals surface area contributed by atoms with Gasteiger partial charge in [-0.2, -0.15) is 0 Å². The Morgan fingerprint density at radius 3 is 2.75 bits per heavy atom. The topological polar surface area (TPSA) is 101 Å². The van der Waals surface area contributed by atoms with Crippen molar-refractivity contribution in [3.8, 4) is 5.75 Å². The summed E-state index contributed by atoms with van der Waals surface area (Å²) >= 11 is 1.22. The fourth-order valence-corrected chi connectivity index (χ4v) is 3.17. The molecule has 1 heterocycles. The summed E-state index contributed by atoms with van der Waals surface area (Å²) in [6.45, 7) is 0.377. The Bertz CT molecular complexity index is 961. The van der Waals surface area contributed by atoms with E-state index in [1.807, 2.05) is 30.3 Å². The second-order valence-electron chi connectivity index (χ2n) is 5.89. The average Bonchev–Trinajstić information content (AvgIpc) is 3.07. The zero-order chi connectivity index (χ0) is 19.9. The van der Waals surface area contributed by atoms with Crippen molar-refractivity contribution in [2.45, 2.75) is 6.61 Å². The van der Waals surface area contributed by atoms with Gasteiger partial charge in [-0.15, -0.1) is 0 Å². The van der Waals surface area contributed by atoms with Crippen molar-refractivity contribution in [3.05, 3.63) is 54.1 Å². The molecule has 0 spiro atoms. The molecule has 28 heavy (non-hydrogen) atoms. The SMILES string of the molecule is CN(CCOC(=O)Nc1nc2ccc(O)cc2s1)C(=O)OCc1ccccc1. The van der Waals surface area contributed by atoms with Gasteiger partial charge >= 0.3 is 12.2 Å². The maximum atomic E-state index is 11.9. The number of thiazole rings is 1. The molecule has 2 aromatic carbocycles. The summed E-state index contributed by atoms with van der Waals surface area (Å²) in [4.78, 5) is 29.4. The third-order valence-electron chi connectivity index (χ3n) is 3.76. The fourth-order valence-electron chi connectivity index (χ4n) is 2.29. The van der Waals surface area contributed by atoms with Crippen LogP contribution in [0.3, 0.4) is 0 Å². The number of hydrogen-bond donors (Lipinski definition) is 2. The smallest absolute Gasteiger partial charge is 0.413 e. The Labute approximate surface area is 165 Å². The number of aromatic nitrogens is 1. The van der Waals surface area contributed by atoms with Gasteiger partial charge in [-0.1, -0.05) is 41.7 Å². The number of benzene rings is 2. The third-order valence-corrected chi connectivity index (χ3v) is 4.69. The van der Waals surface area contributed by atoms with Crippen molar-refractivity contribution in [2.75, 3.05) is 25.5 Å². The van der Waals surface area contributed by atoms with Crippen LogP contribution in [0, 0.1) is 0 Å². The summed E-state index contributed by atoms with van der Waals surface area (Å²) < 4.78 is 11.0. The number of carbonyl (C=O) groups excluding carboxylic acids is 2. The number of amides is 2. The highest BCUT2D eigenvalue weighted by atomic mass is 32.1. The van der Waals surface area contributed by atoms with Crippen molar-refractivity contribution in [3.63, 3.8) is 0 Å². The lowest BCUT2D eigenvalue weighted by atomic mass is 10.2. The maximum Gasteiger partial charge on any atom is 0.413 e. The quantitative estimate of drug-likeness (QED) is 0.651. The van der Waals surface area contributed by atoms with E-state index in [9.17, 15) is 14.7 Å². The standard InChI is InChI=1S/C19H19N3O5S/c1-22(19(25)27-12-13-5-3-2-4-6-13)9-10-26-18(24)21-17-20-15-8-7-14(23)11-16(15)28-17/h2-8,11,23H,9-10,12H2,1H3,(H,20,21,24). The summed E-state index contributed by atoms with van der Waals surface area (Å²) in [5, 5.41) is 12.4. The van der Waals surface area contributed by atoms with Crippen molar-refractivity contribution >= 4 is 38.9 Å². The molecule has 0 aliphatic rings. The highest BCUT2D eigenvalue weighted by molar-refractivity contribution is 7.22. The van der Waals surface area contributed by atoms with E-state index in [-0.39, 0.29) is 25.5 Å². The maximum absolute atomic E-state index is 11.9. The molecule has 8 nitrogen and oxygen atoms in total. The molecule has 0 aliphatic heterocycles. The zero-order valence-electron chi connectivity index (χ0n) is 15.1. The number of ether oxygens (including phenoxy) is 2. The van der Waals surface area contributed by atoms with Gasteiger partial charge < -0.3 is 19.5 Å². The highest BCUT2D eigenvalue weighted by Crippen LogP contribution is 2.28. The number of nitrogens with zero attached hydrogens (tertiary/aromatic N) is 2. The van der Waals surface area contributed by atoms with Gasteiger partial charge in [0.1, 0.15) is 19.0 Å². The molecule has 2 amide bonds. The Morgan fingerprint density at radius 2 is 1.96 bits per heavy atom. The molecular formula is C19H19N3O5S. The molecule has 9 heteroatoms. The van der Waals surface area contributed by atoms with Crippen molar-refractivity contribution in [1.82, 2.24) is 9.88 Å². The Morgan fingerprint density at radius 1 is 1.18 bits per heavy atom. The van der Waals surface area contributed by atoms with E-state index in [1.165, 1.54) is 22.3 Å². The van der Waals surface area contributed by atoms with E-state index < -0.39 is 12.2 Å². The van der Waals surface area contributed by atoms with E-state index in [2.05, 4.69) is 10.3 Å². The number of rotatable bonds is 6. The van der Waals surface area contributed by atoms with Crippen molar-refractivity contribution in [2.24, 2.45) is 0 Å². The van der Waals surface area contributed by atoms with Gasteiger partial charge in [0.15, 0.2) is 5.13 Å². The molecule has 0 fully saturated rings. The Kier molecular flexibility index (Phi) is 6.28. The normalized spacial score (nSPS) is 10.5. The molecule has 0 radical (unpaired) electrons. The lowest BCUT2D eigenvalue weighted by Crippen LogP contribution is -2.31. The van der Waals surface area contributed by atoms with Crippen LogP contribution in [-0.4, -0.2) is 47.4 Å². The second-order valence-corrected chi connectivity index (χ2v) is 6.92. The lowest BCUT2D eigenvalue weighted by molar-refractivity contribution is 0.0934. The van der Waals surface area contributed by atoms with Gasteiger partial charge in [0.05, 0.1) is 16.8 Å². The number of hydrogen-bond acceptors (Lipinski definition) is 7. The van der Waals surface area contributed by atoms with Crippen LogP contribution in [0.5, 0.6) is 5.75 Å². The first-order valence-corrected chi connectivity index (χ1v) is 9.28. The average molecular weight is 401 g/mol. The van der Waals surface area contributed by atoms with Crippen LogP contribution in [0.25, 0.3) is 10.2 Å². The largest absolute Gasteiger partial charge is 0.508 e. The van der Waals surface area contributed by atoms with E-state index in [0.717, 1.165) is 10.3 Å². The predicted octanol–water partition coefficient (Wildman–Crippen LogP) is 3.82. The van der Waals surface area contributed by atoms with E-state index in [0.29, 0.717) is 10.6 Å². The fraction of sp³-hybridized carbons (Fsp3) is 0.211. The van der Waals surface area contributed by atoms with Gasteiger partial charge in [-0.05, 0) is 23.8 Å². The van der Waals surface area contributed by atoms with Gasteiger partial charge in [-0.25, -0.2) is 14.6 Å². The first-order chi connectivity index (χ1) is 13.5. The van der Waals surface area contributed by atoms with Crippen LogP contribution in [-0.2, 0) is 16.1 Å². The molecule has 2 N–H and O–H groups in total. The van der Waals surface area contributed by atoms with Gasteiger partial charge in [0, 0.05) is 7.05 Å². The number of likely N-dealkylation sites (N-methyl/N-ethyl adjacent to an activating group) is 1. The van der Waals surface area contributed by atoms with Crippen LogP contribution < -0.4 is 5.32 Å². The van der Waals surface area contributed by atoms with Crippen LogP contribution in [0.4, 0.5) is 14.7 Å². The number of nitrogens with one attached hydrogen (secondary N) is 1. The number of carbonyl (C=O) groups is 2. The molecule has 0 saturated heterocycles. The minimum atomic E-state index is -0.672. The van der Waals surface area contributed by atoms with Gasteiger partial charge in [-0.3, -0.25) is 5.32 Å². The molecule has 0 saturated carbocycles. The molecule has 0 atom stereocenters. The summed E-state index contributed by atoms with van der Waals surface area (Å²) in [6.07, 6.45) is -1.17. The lowest BCUT2D eigenvalue weighted by Gasteiger charge is -2.16. The van der Waals surface area contributed by atoms with Gasteiger partial charge in [0.25, 0.3) is 0 Å². The molecule has 3 aromatic rings. The van der Waals surface area contributed by atoms with Crippen molar-refractivity contribution in [1.29, 1.82) is 0 Å². The van der Waals surface area contributed by atoms with E-state index >= 15 is 0 Å². The summed E-state index contributed by atoms with van der Waals surface area (Å²) in [5.41, 5.74) is 1.56. The zero-order valence-corrected chi connectivity index (χ0v) is 15.9. The Hall–Kier alpha value is -3.33. The molecule has 0 bridgehead atoms. The van der Waals surface area contributed by atoms with Crippen LogP contribution in [0.1, 0.15) is 5.56 Å². The molecule has 0 aliphatic carbocycles. The number of anilines is 1. The molecule has 146 valence electrons. The van der Waals surface area contributed by atoms with Crippen LogP contribution in [0.15, 0.2) is 48.5 Å². The third kappa shape index (κ3) is 5.34. The second kappa shape index (κ2) is 9.05. The summed E-state index contributed by atoms with van der Waals surface area (Å²) in [7, 11) is 1.56. The highest BCUT2D eigenvalue weighted by Gasteiger charge is 2.13.